The van der Waals surface area contributed by atoms with Crippen LogP contribution in [0.15, 0.2) is 28.0 Å². The lowest BCUT2D eigenvalue weighted by Crippen LogP contribution is -2.11. The first-order valence-electron chi connectivity index (χ1n) is 9.17. The van der Waals surface area contributed by atoms with Gasteiger partial charge in [-0.15, -0.1) is 0 Å². The van der Waals surface area contributed by atoms with Crippen molar-refractivity contribution in [1.82, 2.24) is 0 Å². The number of hydrogen-bond acceptors (Lipinski definition) is 4. The Balaban J connectivity index is 3.13. The fourth-order valence-corrected chi connectivity index (χ4v) is 4.38. The van der Waals surface area contributed by atoms with Crippen molar-refractivity contribution in [2.75, 3.05) is 0 Å². The maximum Gasteiger partial charge on any atom is 0.294 e. The standard InChI is InChI=1S/C18H30O6S2/c1-3-5-7-8-10-15(9-6-4-2)13-16-14-17(25(19,20)21)11-12-18(16)26(22,23)24/h11-12,14-15H,3-10,13H2,1-2H3,(H,19,20,21)(H,22,23,24). The van der Waals surface area contributed by atoms with Crippen LogP contribution in [0.4, 0.5) is 0 Å². The van der Waals surface area contributed by atoms with E-state index in [1.165, 1.54) is 0 Å². The molecule has 0 saturated carbocycles. The molecule has 26 heavy (non-hydrogen) atoms. The van der Waals surface area contributed by atoms with Crippen LogP contribution in [0.5, 0.6) is 0 Å². The second-order valence-electron chi connectivity index (χ2n) is 6.78. The lowest BCUT2D eigenvalue weighted by atomic mass is 9.89. The molecule has 0 radical (unpaired) electrons. The molecule has 0 aliphatic rings. The van der Waals surface area contributed by atoms with Crippen molar-refractivity contribution in [2.45, 2.75) is 81.4 Å². The van der Waals surface area contributed by atoms with Crippen LogP contribution in [0.2, 0.25) is 0 Å². The molecule has 150 valence electrons. The highest BCUT2D eigenvalue weighted by atomic mass is 32.2. The zero-order valence-corrected chi connectivity index (χ0v) is 17.2. The van der Waals surface area contributed by atoms with Gasteiger partial charge in [0.15, 0.2) is 0 Å². The first kappa shape index (κ1) is 23.1. The van der Waals surface area contributed by atoms with Crippen LogP contribution in [0.1, 0.15) is 70.8 Å². The molecule has 0 amide bonds. The van der Waals surface area contributed by atoms with E-state index < -0.39 is 20.2 Å². The van der Waals surface area contributed by atoms with Gasteiger partial charge in [0.2, 0.25) is 0 Å². The molecule has 0 bridgehead atoms. The van der Waals surface area contributed by atoms with Crippen molar-refractivity contribution in [2.24, 2.45) is 5.92 Å². The Morgan fingerprint density at radius 3 is 2.00 bits per heavy atom. The van der Waals surface area contributed by atoms with E-state index in [-0.39, 0.29) is 21.3 Å². The van der Waals surface area contributed by atoms with Crippen molar-refractivity contribution in [3.05, 3.63) is 23.8 Å². The minimum absolute atomic E-state index is 0.198. The van der Waals surface area contributed by atoms with Crippen LogP contribution in [0.25, 0.3) is 0 Å². The molecule has 1 unspecified atom stereocenters. The Hall–Kier alpha value is -0.960. The highest BCUT2D eigenvalue weighted by molar-refractivity contribution is 7.86. The highest BCUT2D eigenvalue weighted by Gasteiger charge is 2.22. The van der Waals surface area contributed by atoms with Gasteiger partial charge in [-0.1, -0.05) is 65.2 Å². The van der Waals surface area contributed by atoms with Crippen LogP contribution in [0.3, 0.4) is 0 Å². The minimum Gasteiger partial charge on any atom is -0.282 e. The zero-order valence-electron chi connectivity index (χ0n) is 15.5. The van der Waals surface area contributed by atoms with Crippen LogP contribution in [-0.2, 0) is 26.7 Å². The largest absolute Gasteiger partial charge is 0.294 e. The Morgan fingerprint density at radius 2 is 1.46 bits per heavy atom. The van der Waals surface area contributed by atoms with E-state index in [1.54, 1.807) is 0 Å². The van der Waals surface area contributed by atoms with E-state index in [9.17, 15) is 25.9 Å². The average molecular weight is 407 g/mol. The summed E-state index contributed by atoms with van der Waals surface area (Å²) in [5.41, 5.74) is 0.235. The summed E-state index contributed by atoms with van der Waals surface area (Å²) in [6.07, 6.45) is 8.60. The van der Waals surface area contributed by atoms with Gasteiger partial charge in [0, 0.05) is 0 Å². The van der Waals surface area contributed by atoms with Gasteiger partial charge < -0.3 is 0 Å². The van der Waals surface area contributed by atoms with Crippen molar-refractivity contribution < 1.29 is 25.9 Å². The van der Waals surface area contributed by atoms with E-state index in [0.717, 1.165) is 69.6 Å². The van der Waals surface area contributed by atoms with Gasteiger partial charge in [-0.2, -0.15) is 16.8 Å². The van der Waals surface area contributed by atoms with Gasteiger partial charge in [0.05, 0.1) is 9.79 Å². The van der Waals surface area contributed by atoms with Gasteiger partial charge in [-0.05, 0) is 36.1 Å². The third-order valence-electron chi connectivity index (χ3n) is 4.55. The first-order valence-corrected chi connectivity index (χ1v) is 12.1. The monoisotopic (exact) mass is 406 g/mol. The number of hydrogen-bond donors (Lipinski definition) is 2. The molecule has 1 atom stereocenters. The van der Waals surface area contributed by atoms with Crippen LogP contribution < -0.4 is 0 Å². The fourth-order valence-electron chi connectivity index (χ4n) is 3.14. The summed E-state index contributed by atoms with van der Waals surface area (Å²) in [6, 6.07) is 3.19. The molecular formula is C18H30O6S2. The first-order chi connectivity index (χ1) is 12.1. The summed E-state index contributed by atoms with van der Waals surface area (Å²) in [5.74, 6) is 0.198. The molecule has 8 heteroatoms. The molecule has 0 spiro atoms. The summed E-state index contributed by atoms with van der Waals surface area (Å²) in [4.78, 5) is -0.653. The highest BCUT2D eigenvalue weighted by Crippen LogP contribution is 2.27. The van der Waals surface area contributed by atoms with Crippen LogP contribution in [0, 0.1) is 5.92 Å². The van der Waals surface area contributed by atoms with Crippen molar-refractivity contribution in [3.8, 4) is 0 Å². The Kier molecular flexibility index (Phi) is 9.23. The lowest BCUT2D eigenvalue weighted by molar-refractivity contribution is 0.406. The predicted octanol–water partition coefficient (Wildman–Crippen LogP) is 4.50. The molecule has 0 fully saturated rings. The summed E-state index contributed by atoms with van der Waals surface area (Å²) >= 11 is 0. The molecule has 6 nitrogen and oxygen atoms in total. The minimum atomic E-state index is -4.47. The Labute approximate surface area is 157 Å². The molecule has 0 saturated heterocycles. The molecule has 0 aromatic heterocycles. The second-order valence-corrected chi connectivity index (χ2v) is 9.59. The molecule has 2 N–H and O–H groups in total. The summed E-state index contributed by atoms with van der Waals surface area (Å²) in [5, 5.41) is 0. The van der Waals surface area contributed by atoms with Gasteiger partial charge in [0.25, 0.3) is 20.2 Å². The Morgan fingerprint density at radius 1 is 0.846 bits per heavy atom. The van der Waals surface area contributed by atoms with Gasteiger partial charge >= 0.3 is 0 Å². The van der Waals surface area contributed by atoms with Crippen molar-refractivity contribution >= 4 is 20.2 Å². The summed E-state index contributed by atoms with van der Waals surface area (Å²) in [6.45, 7) is 4.21. The second kappa shape index (κ2) is 10.4. The van der Waals surface area contributed by atoms with E-state index in [0.29, 0.717) is 6.42 Å². The lowest BCUT2D eigenvalue weighted by Gasteiger charge is -2.18. The summed E-state index contributed by atoms with van der Waals surface area (Å²) in [7, 11) is -8.91. The number of rotatable bonds is 12. The van der Waals surface area contributed by atoms with E-state index >= 15 is 0 Å². The molecular weight excluding hydrogens is 376 g/mol. The van der Waals surface area contributed by atoms with Crippen LogP contribution >= 0.6 is 0 Å². The predicted molar refractivity (Wildman–Crippen MR) is 102 cm³/mol. The number of benzene rings is 1. The topological polar surface area (TPSA) is 109 Å². The van der Waals surface area contributed by atoms with E-state index in [4.69, 9.17) is 0 Å². The maximum atomic E-state index is 11.7. The molecule has 1 aromatic carbocycles. The Bertz CT molecular complexity index is 769. The van der Waals surface area contributed by atoms with Crippen molar-refractivity contribution in [1.29, 1.82) is 0 Å². The molecule has 0 heterocycles. The third-order valence-corrected chi connectivity index (χ3v) is 6.35. The van der Waals surface area contributed by atoms with E-state index in [1.807, 2.05) is 0 Å². The molecule has 0 aliphatic carbocycles. The molecule has 1 aromatic rings. The van der Waals surface area contributed by atoms with Gasteiger partial charge in [-0.3, -0.25) is 9.11 Å². The van der Waals surface area contributed by atoms with Gasteiger partial charge in [0.1, 0.15) is 0 Å². The molecule has 0 aliphatic heterocycles. The van der Waals surface area contributed by atoms with Crippen molar-refractivity contribution in [3.63, 3.8) is 0 Å². The smallest absolute Gasteiger partial charge is 0.282 e. The normalized spacial score (nSPS) is 13.7. The quantitative estimate of drug-likeness (QED) is 0.391. The van der Waals surface area contributed by atoms with Gasteiger partial charge in [-0.25, -0.2) is 0 Å². The SMILES string of the molecule is CCCCCCC(CCCC)Cc1cc(S(=O)(=O)O)ccc1S(=O)(=O)O. The average Bonchev–Trinajstić information content (AvgIpc) is 2.54. The zero-order chi connectivity index (χ0) is 19.8. The number of unbranched alkanes of at least 4 members (excludes halogenated alkanes) is 4. The van der Waals surface area contributed by atoms with E-state index in [2.05, 4.69) is 13.8 Å². The maximum absolute atomic E-state index is 11.7. The summed E-state index contributed by atoms with van der Waals surface area (Å²) < 4.78 is 64.8. The fraction of sp³-hybridized carbons (Fsp3) is 0.667. The third kappa shape index (κ3) is 7.73. The van der Waals surface area contributed by atoms with Crippen LogP contribution in [-0.4, -0.2) is 25.9 Å². The molecule has 1 rings (SSSR count).